The number of ether oxygens (including phenoxy) is 1. The summed E-state index contributed by atoms with van der Waals surface area (Å²) in [7, 11) is 3.82. The minimum absolute atomic E-state index is 0.184. The van der Waals surface area contributed by atoms with Gasteiger partial charge in [-0.1, -0.05) is 0 Å². The number of nitrogens with zero attached hydrogens (tertiary/aromatic N) is 2. The molecule has 0 atom stereocenters. The van der Waals surface area contributed by atoms with E-state index in [1.165, 1.54) is 0 Å². The predicted octanol–water partition coefficient (Wildman–Crippen LogP) is 1.48. The number of methoxy groups -OCH3 is 1. The molecule has 0 radical (unpaired) electrons. The quantitative estimate of drug-likeness (QED) is 0.589. The molecule has 0 saturated carbocycles. The Balaban J connectivity index is 3.33. The van der Waals surface area contributed by atoms with Crippen LogP contribution in [0.3, 0.4) is 0 Å². The van der Waals surface area contributed by atoms with E-state index in [9.17, 15) is 0 Å². The molecule has 0 rings (SSSR count). The van der Waals surface area contributed by atoms with Gasteiger partial charge in [-0.25, -0.2) is 0 Å². The van der Waals surface area contributed by atoms with Gasteiger partial charge in [0.2, 0.25) is 0 Å². The average molecular weight is 241 g/mol. The van der Waals surface area contributed by atoms with Crippen molar-refractivity contribution in [2.45, 2.75) is 26.7 Å². The van der Waals surface area contributed by atoms with E-state index in [0.29, 0.717) is 0 Å². The minimum atomic E-state index is -0.184. The Kier molecular flexibility index (Phi) is 9.06. The Hall–Kier alpha value is -0.630. The monoisotopic (exact) mass is 241 g/mol. The van der Waals surface area contributed by atoms with E-state index in [1.54, 1.807) is 7.11 Å². The van der Waals surface area contributed by atoms with Gasteiger partial charge in [-0.05, 0) is 40.3 Å². The first-order valence-corrected chi connectivity index (χ1v) is 6.31. The third-order valence-corrected chi connectivity index (χ3v) is 2.81. The fraction of sp³-hybridized carbons (Fsp3) is 0.923. The van der Waals surface area contributed by atoms with Crippen LogP contribution in [-0.2, 0) is 4.74 Å². The fourth-order valence-corrected chi connectivity index (χ4v) is 1.47. The third-order valence-electron chi connectivity index (χ3n) is 2.81. The third kappa shape index (κ3) is 10.3. The summed E-state index contributed by atoms with van der Waals surface area (Å²) in [5, 5.41) is 12.3. The maximum absolute atomic E-state index is 8.86. The van der Waals surface area contributed by atoms with Gasteiger partial charge in [0.05, 0.1) is 18.1 Å². The summed E-state index contributed by atoms with van der Waals surface area (Å²) >= 11 is 0. The topological polar surface area (TPSA) is 48.3 Å². The van der Waals surface area contributed by atoms with Crippen molar-refractivity contribution in [2.24, 2.45) is 5.41 Å². The van der Waals surface area contributed by atoms with E-state index in [0.717, 1.165) is 45.6 Å². The summed E-state index contributed by atoms with van der Waals surface area (Å²) in [4.78, 5) is 2.25. The van der Waals surface area contributed by atoms with Crippen LogP contribution in [0.1, 0.15) is 26.7 Å². The molecule has 0 unspecified atom stereocenters. The normalized spacial score (nSPS) is 11.8. The highest BCUT2D eigenvalue weighted by Crippen LogP contribution is 2.19. The van der Waals surface area contributed by atoms with Crippen molar-refractivity contribution < 1.29 is 4.74 Å². The minimum Gasteiger partial charge on any atom is -0.383 e. The standard InChI is InChI=1S/C13H27N3O/c1-13(2,12-14)6-5-7-15-8-9-16(3)10-11-17-4/h15H,5-11H2,1-4H3. The maximum atomic E-state index is 8.86. The molecule has 4 heteroatoms. The zero-order valence-electron chi connectivity index (χ0n) is 11.8. The lowest BCUT2D eigenvalue weighted by atomic mass is 9.90. The van der Waals surface area contributed by atoms with E-state index < -0.39 is 0 Å². The summed E-state index contributed by atoms with van der Waals surface area (Å²) in [5.74, 6) is 0. The molecule has 0 aromatic heterocycles. The lowest BCUT2D eigenvalue weighted by Gasteiger charge is -2.17. The summed E-state index contributed by atoms with van der Waals surface area (Å²) in [6.45, 7) is 8.75. The molecule has 0 fully saturated rings. The molecule has 100 valence electrons. The number of rotatable bonds is 10. The Morgan fingerprint density at radius 2 is 2.00 bits per heavy atom. The van der Waals surface area contributed by atoms with Gasteiger partial charge >= 0.3 is 0 Å². The average Bonchev–Trinajstić information content (AvgIpc) is 2.31. The van der Waals surface area contributed by atoms with Crippen LogP contribution in [0, 0.1) is 16.7 Å². The first kappa shape index (κ1) is 16.4. The van der Waals surface area contributed by atoms with E-state index in [1.807, 2.05) is 13.8 Å². The van der Waals surface area contributed by atoms with Crippen LogP contribution in [0.25, 0.3) is 0 Å². The maximum Gasteiger partial charge on any atom is 0.0683 e. The molecule has 0 aromatic rings. The molecule has 0 aliphatic rings. The first-order valence-electron chi connectivity index (χ1n) is 6.31. The number of nitriles is 1. The van der Waals surface area contributed by atoms with Gasteiger partial charge in [-0.2, -0.15) is 5.26 Å². The van der Waals surface area contributed by atoms with Crippen molar-refractivity contribution in [3.63, 3.8) is 0 Å². The van der Waals surface area contributed by atoms with E-state index >= 15 is 0 Å². The van der Waals surface area contributed by atoms with Gasteiger partial charge in [0, 0.05) is 26.7 Å². The molecule has 4 nitrogen and oxygen atoms in total. The molecule has 0 aliphatic carbocycles. The largest absolute Gasteiger partial charge is 0.383 e. The molecule has 0 aliphatic heterocycles. The predicted molar refractivity (Wildman–Crippen MR) is 70.9 cm³/mol. The smallest absolute Gasteiger partial charge is 0.0683 e. The van der Waals surface area contributed by atoms with Crippen LogP contribution < -0.4 is 5.32 Å². The van der Waals surface area contributed by atoms with E-state index in [4.69, 9.17) is 10.00 Å². The first-order chi connectivity index (χ1) is 8.02. The molecule has 0 aromatic carbocycles. The van der Waals surface area contributed by atoms with Gasteiger partial charge < -0.3 is 15.0 Å². The van der Waals surface area contributed by atoms with Gasteiger partial charge in [0.25, 0.3) is 0 Å². The van der Waals surface area contributed by atoms with Gasteiger partial charge in [0.1, 0.15) is 0 Å². The molecule has 1 N–H and O–H groups in total. The zero-order chi connectivity index (χ0) is 13.1. The van der Waals surface area contributed by atoms with Crippen molar-refractivity contribution in [1.29, 1.82) is 5.26 Å². The van der Waals surface area contributed by atoms with Crippen molar-refractivity contribution in [3.8, 4) is 6.07 Å². The Labute approximate surface area is 106 Å². The second-order valence-electron chi connectivity index (χ2n) is 5.15. The van der Waals surface area contributed by atoms with Gasteiger partial charge in [-0.3, -0.25) is 0 Å². The molecular weight excluding hydrogens is 214 g/mol. The van der Waals surface area contributed by atoms with Crippen molar-refractivity contribution in [3.05, 3.63) is 0 Å². The van der Waals surface area contributed by atoms with E-state index in [-0.39, 0.29) is 5.41 Å². The lowest BCUT2D eigenvalue weighted by molar-refractivity contribution is 0.161. The molecule has 0 heterocycles. The molecule has 0 amide bonds. The SMILES string of the molecule is COCCN(C)CCNCCCC(C)(C)C#N. The number of hydrogen-bond donors (Lipinski definition) is 1. The number of hydrogen-bond acceptors (Lipinski definition) is 4. The molecule has 0 saturated heterocycles. The second-order valence-corrected chi connectivity index (χ2v) is 5.15. The number of nitrogens with one attached hydrogen (secondary N) is 1. The Morgan fingerprint density at radius 1 is 1.29 bits per heavy atom. The highest BCUT2D eigenvalue weighted by molar-refractivity contribution is 4.91. The van der Waals surface area contributed by atoms with Gasteiger partial charge in [0.15, 0.2) is 0 Å². The highest BCUT2D eigenvalue weighted by Gasteiger charge is 2.15. The molecular formula is C13H27N3O. The summed E-state index contributed by atoms with van der Waals surface area (Å²) < 4.78 is 5.01. The number of likely N-dealkylation sites (N-methyl/N-ethyl adjacent to an activating group) is 1. The van der Waals surface area contributed by atoms with E-state index in [2.05, 4.69) is 23.3 Å². The molecule has 0 bridgehead atoms. The zero-order valence-corrected chi connectivity index (χ0v) is 11.8. The van der Waals surface area contributed by atoms with Crippen molar-refractivity contribution in [1.82, 2.24) is 10.2 Å². The van der Waals surface area contributed by atoms with Crippen LogP contribution in [0.5, 0.6) is 0 Å². The Bertz CT molecular complexity index is 223. The van der Waals surface area contributed by atoms with Crippen LogP contribution in [0.15, 0.2) is 0 Å². The Morgan fingerprint density at radius 3 is 2.59 bits per heavy atom. The van der Waals surface area contributed by atoms with Crippen LogP contribution >= 0.6 is 0 Å². The molecule has 0 spiro atoms. The fourth-order valence-electron chi connectivity index (χ4n) is 1.47. The second kappa shape index (κ2) is 9.41. The summed E-state index contributed by atoms with van der Waals surface area (Å²) in [6.07, 6.45) is 2.01. The van der Waals surface area contributed by atoms with Crippen molar-refractivity contribution in [2.75, 3.05) is 46.9 Å². The van der Waals surface area contributed by atoms with Gasteiger partial charge in [-0.15, -0.1) is 0 Å². The summed E-state index contributed by atoms with van der Waals surface area (Å²) in [5.41, 5.74) is -0.184. The summed E-state index contributed by atoms with van der Waals surface area (Å²) in [6, 6.07) is 2.32. The van der Waals surface area contributed by atoms with Crippen molar-refractivity contribution >= 4 is 0 Å². The van der Waals surface area contributed by atoms with Crippen LogP contribution in [0.2, 0.25) is 0 Å². The van der Waals surface area contributed by atoms with Crippen LogP contribution in [0.4, 0.5) is 0 Å². The molecule has 17 heavy (non-hydrogen) atoms. The van der Waals surface area contributed by atoms with Crippen LogP contribution in [-0.4, -0.2) is 51.8 Å². The highest BCUT2D eigenvalue weighted by atomic mass is 16.5. The lowest BCUT2D eigenvalue weighted by Crippen LogP contribution is -2.32.